The molecule has 0 amide bonds. The summed E-state index contributed by atoms with van der Waals surface area (Å²) >= 11 is 0. The van der Waals surface area contributed by atoms with Crippen molar-refractivity contribution in [1.82, 2.24) is 24.5 Å². The molecule has 26 heavy (non-hydrogen) atoms. The first kappa shape index (κ1) is 18.3. The summed E-state index contributed by atoms with van der Waals surface area (Å²) in [5.74, 6) is 2.58. The van der Waals surface area contributed by atoms with Crippen molar-refractivity contribution < 1.29 is 8.42 Å². The highest BCUT2D eigenvalue weighted by molar-refractivity contribution is 7.90. The number of aromatic nitrogens is 5. The molecule has 138 valence electrons. The first-order chi connectivity index (χ1) is 12.3. The van der Waals surface area contributed by atoms with Crippen molar-refractivity contribution in [3.05, 3.63) is 42.4 Å². The Labute approximate surface area is 153 Å². The Morgan fingerprint density at radius 3 is 2.62 bits per heavy atom. The summed E-state index contributed by atoms with van der Waals surface area (Å²) in [6.07, 6.45) is 4.70. The van der Waals surface area contributed by atoms with Crippen LogP contribution in [0.5, 0.6) is 0 Å². The molecule has 8 heteroatoms. The molecule has 2 heterocycles. The van der Waals surface area contributed by atoms with E-state index in [-0.39, 0.29) is 4.90 Å². The van der Waals surface area contributed by atoms with Gasteiger partial charge < -0.3 is 0 Å². The SMILES string of the molecule is CCC(C)Cc1nc(-c2cccc(S(C)(=O)=O)c2)n(-c2ccnn2C)n1. The summed E-state index contributed by atoms with van der Waals surface area (Å²) in [6.45, 7) is 4.30. The smallest absolute Gasteiger partial charge is 0.175 e. The average molecular weight is 373 g/mol. The molecule has 0 aliphatic carbocycles. The Balaban J connectivity index is 2.15. The van der Waals surface area contributed by atoms with Gasteiger partial charge in [0.1, 0.15) is 0 Å². The predicted octanol–water partition coefficient (Wildman–Crippen LogP) is 2.66. The summed E-state index contributed by atoms with van der Waals surface area (Å²) in [5.41, 5.74) is 0.706. The van der Waals surface area contributed by atoms with E-state index in [1.807, 2.05) is 19.2 Å². The second-order valence-electron chi connectivity index (χ2n) is 6.59. The number of hydrogen-bond donors (Lipinski definition) is 0. The Hall–Kier alpha value is -2.48. The molecule has 2 aromatic heterocycles. The third kappa shape index (κ3) is 3.70. The molecule has 0 saturated carbocycles. The van der Waals surface area contributed by atoms with Crippen LogP contribution in [-0.2, 0) is 23.3 Å². The minimum atomic E-state index is -3.30. The zero-order valence-electron chi connectivity index (χ0n) is 15.4. The van der Waals surface area contributed by atoms with Crippen molar-refractivity contribution in [2.45, 2.75) is 31.6 Å². The second kappa shape index (κ2) is 7.03. The van der Waals surface area contributed by atoms with Gasteiger partial charge in [-0.15, -0.1) is 5.10 Å². The van der Waals surface area contributed by atoms with Crippen LogP contribution in [0.25, 0.3) is 17.2 Å². The zero-order valence-corrected chi connectivity index (χ0v) is 16.2. The molecule has 0 spiro atoms. The lowest BCUT2D eigenvalue weighted by molar-refractivity contribution is 0.541. The van der Waals surface area contributed by atoms with Crippen molar-refractivity contribution in [3.63, 3.8) is 0 Å². The highest BCUT2D eigenvalue weighted by Gasteiger charge is 2.18. The summed E-state index contributed by atoms with van der Waals surface area (Å²) in [5, 5.41) is 8.87. The van der Waals surface area contributed by atoms with Crippen LogP contribution < -0.4 is 0 Å². The quantitative estimate of drug-likeness (QED) is 0.663. The molecule has 3 rings (SSSR count). The zero-order chi connectivity index (χ0) is 18.9. The minimum Gasteiger partial charge on any atom is -0.251 e. The molecule has 7 nitrogen and oxygen atoms in total. The third-order valence-corrected chi connectivity index (χ3v) is 5.52. The van der Waals surface area contributed by atoms with Gasteiger partial charge in [0.05, 0.1) is 11.1 Å². The van der Waals surface area contributed by atoms with Gasteiger partial charge in [-0.25, -0.2) is 13.4 Å². The van der Waals surface area contributed by atoms with Crippen LogP contribution in [0.4, 0.5) is 0 Å². The predicted molar refractivity (Wildman–Crippen MR) is 99.8 cm³/mol. The maximum absolute atomic E-state index is 11.9. The Morgan fingerprint density at radius 1 is 1.23 bits per heavy atom. The van der Waals surface area contributed by atoms with E-state index in [1.165, 1.54) is 6.26 Å². The van der Waals surface area contributed by atoms with E-state index in [0.29, 0.717) is 17.3 Å². The number of benzene rings is 1. The average Bonchev–Trinajstić information content (AvgIpc) is 3.20. The van der Waals surface area contributed by atoms with Crippen LogP contribution in [0.1, 0.15) is 26.1 Å². The van der Waals surface area contributed by atoms with Crippen molar-refractivity contribution in [2.75, 3.05) is 6.26 Å². The summed E-state index contributed by atoms with van der Waals surface area (Å²) in [6, 6.07) is 8.65. The molecule has 0 radical (unpaired) electrons. The van der Waals surface area contributed by atoms with Crippen LogP contribution in [0.2, 0.25) is 0 Å². The van der Waals surface area contributed by atoms with Crippen LogP contribution in [0, 0.1) is 5.92 Å². The molecule has 0 fully saturated rings. The largest absolute Gasteiger partial charge is 0.251 e. The van der Waals surface area contributed by atoms with Crippen molar-refractivity contribution in [2.24, 2.45) is 13.0 Å². The van der Waals surface area contributed by atoms with Gasteiger partial charge in [0.2, 0.25) is 0 Å². The molecule has 1 unspecified atom stereocenters. The van der Waals surface area contributed by atoms with Gasteiger partial charge >= 0.3 is 0 Å². The van der Waals surface area contributed by atoms with E-state index in [9.17, 15) is 8.42 Å². The summed E-state index contributed by atoms with van der Waals surface area (Å²) in [4.78, 5) is 4.97. The van der Waals surface area contributed by atoms with Gasteiger partial charge in [0, 0.05) is 31.4 Å². The van der Waals surface area contributed by atoms with Gasteiger partial charge in [-0.2, -0.15) is 9.78 Å². The summed E-state index contributed by atoms with van der Waals surface area (Å²) < 4.78 is 27.3. The highest BCUT2D eigenvalue weighted by atomic mass is 32.2. The molecular weight excluding hydrogens is 350 g/mol. The van der Waals surface area contributed by atoms with E-state index in [1.54, 1.807) is 33.8 Å². The monoisotopic (exact) mass is 373 g/mol. The second-order valence-corrected chi connectivity index (χ2v) is 8.61. The Bertz CT molecular complexity index is 1020. The van der Waals surface area contributed by atoms with Gasteiger partial charge in [0.25, 0.3) is 0 Å². The number of aryl methyl sites for hydroxylation is 1. The molecule has 3 aromatic rings. The first-order valence-electron chi connectivity index (χ1n) is 8.54. The fourth-order valence-corrected chi connectivity index (χ4v) is 3.35. The summed E-state index contributed by atoms with van der Waals surface area (Å²) in [7, 11) is -1.46. The molecule has 0 saturated heterocycles. The van der Waals surface area contributed by atoms with Gasteiger partial charge in [-0.1, -0.05) is 32.4 Å². The molecular formula is C18H23N5O2S. The van der Waals surface area contributed by atoms with Crippen LogP contribution in [0.15, 0.2) is 41.4 Å². The molecule has 0 N–H and O–H groups in total. The van der Waals surface area contributed by atoms with Crippen LogP contribution in [-0.4, -0.2) is 39.2 Å². The lowest BCUT2D eigenvalue weighted by Crippen LogP contribution is -2.07. The van der Waals surface area contributed by atoms with E-state index < -0.39 is 9.84 Å². The molecule has 1 atom stereocenters. The maximum Gasteiger partial charge on any atom is 0.175 e. The first-order valence-corrected chi connectivity index (χ1v) is 10.4. The van der Waals surface area contributed by atoms with E-state index in [4.69, 9.17) is 4.98 Å². The van der Waals surface area contributed by atoms with E-state index >= 15 is 0 Å². The number of nitrogens with zero attached hydrogens (tertiary/aromatic N) is 5. The van der Waals surface area contributed by atoms with Gasteiger partial charge in [-0.3, -0.25) is 4.68 Å². The third-order valence-electron chi connectivity index (χ3n) is 4.41. The molecule has 0 bridgehead atoms. The van der Waals surface area contributed by atoms with Gasteiger partial charge in [0.15, 0.2) is 27.3 Å². The fourth-order valence-electron chi connectivity index (χ4n) is 2.68. The van der Waals surface area contributed by atoms with E-state index in [2.05, 4.69) is 24.0 Å². The molecule has 0 aliphatic heterocycles. The van der Waals surface area contributed by atoms with Crippen LogP contribution >= 0.6 is 0 Å². The Kier molecular flexibility index (Phi) is 4.95. The number of hydrogen-bond acceptors (Lipinski definition) is 5. The van der Waals surface area contributed by atoms with E-state index in [0.717, 1.165) is 24.5 Å². The number of rotatable bonds is 6. The topological polar surface area (TPSA) is 82.7 Å². The lowest BCUT2D eigenvalue weighted by atomic mass is 10.1. The minimum absolute atomic E-state index is 0.262. The number of sulfone groups is 1. The van der Waals surface area contributed by atoms with Crippen molar-refractivity contribution in [1.29, 1.82) is 0 Å². The normalized spacial score (nSPS) is 13.1. The van der Waals surface area contributed by atoms with Crippen molar-refractivity contribution in [3.8, 4) is 17.2 Å². The fraction of sp³-hybridized carbons (Fsp3) is 0.389. The van der Waals surface area contributed by atoms with Gasteiger partial charge in [-0.05, 0) is 18.1 Å². The lowest BCUT2D eigenvalue weighted by Gasteiger charge is -2.07. The molecule has 1 aromatic carbocycles. The van der Waals surface area contributed by atoms with Crippen LogP contribution in [0.3, 0.4) is 0 Å². The van der Waals surface area contributed by atoms with Crippen molar-refractivity contribution >= 4 is 9.84 Å². The Morgan fingerprint density at radius 2 is 2.00 bits per heavy atom. The highest BCUT2D eigenvalue weighted by Crippen LogP contribution is 2.24. The standard InChI is InChI=1S/C18H23N5O2S/c1-5-13(2)11-16-20-18(23(21-16)17-9-10-19-22(17)3)14-7-6-8-15(12-14)26(4,24)25/h6-10,12-13H,5,11H2,1-4H3. The maximum atomic E-state index is 11.9. The molecule has 0 aliphatic rings.